The highest BCUT2D eigenvalue weighted by Crippen LogP contribution is 2.60. The molecule has 0 aliphatic rings. The molecule has 0 aliphatic carbocycles. The van der Waals surface area contributed by atoms with Crippen molar-refractivity contribution in [1.29, 1.82) is 0 Å². The van der Waals surface area contributed by atoms with Crippen LogP contribution in [0.4, 0.5) is 11.4 Å². The summed E-state index contributed by atoms with van der Waals surface area (Å²) in [4.78, 5) is 26.4. The number of sulfonamides is 1. The number of nitro benzene ring substituents is 2. The molecule has 0 atom stereocenters. The molecule has 13 nitrogen and oxygen atoms in total. The van der Waals surface area contributed by atoms with Gasteiger partial charge in [-0.1, -0.05) is 53.0 Å². The van der Waals surface area contributed by atoms with Crippen molar-refractivity contribution >= 4 is 34.3 Å². The molecule has 0 aliphatic heterocycles. The minimum atomic E-state index is -4.65. The Morgan fingerprint density at radius 1 is 0.878 bits per heavy atom. The van der Waals surface area contributed by atoms with Crippen LogP contribution in [0.1, 0.15) is 25.0 Å². The normalized spacial score (nSPS) is 12.4. The molecule has 15 heteroatoms. The summed E-state index contributed by atoms with van der Waals surface area (Å²) in [5.41, 5.74) is -0.0479. The summed E-state index contributed by atoms with van der Waals surface area (Å²) in [5.74, 6) is 0. The SMILES string of the molecule is CCOP(=O)(OCC)/C(=C\CN(OCc1ccccc1)S(=O)(=O)c1ccccc1[N+](=O)[O-])c1ccc([N+](=O)[O-])cc1. The van der Waals surface area contributed by atoms with Gasteiger partial charge in [-0.05, 0) is 43.2 Å². The average Bonchev–Trinajstić information content (AvgIpc) is 2.95. The van der Waals surface area contributed by atoms with Gasteiger partial charge in [0.05, 0.1) is 41.5 Å². The van der Waals surface area contributed by atoms with Crippen LogP contribution in [0.5, 0.6) is 0 Å². The fourth-order valence-electron chi connectivity index (χ4n) is 3.70. The largest absolute Gasteiger partial charge is 0.361 e. The maximum absolute atomic E-state index is 13.8. The molecule has 0 saturated carbocycles. The maximum Gasteiger partial charge on any atom is 0.361 e. The van der Waals surface area contributed by atoms with Gasteiger partial charge in [-0.15, -0.1) is 0 Å². The molecular weight excluding hydrogens is 577 g/mol. The summed E-state index contributed by atoms with van der Waals surface area (Å²) in [7, 11) is -8.72. The summed E-state index contributed by atoms with van der Waals surface area (Å²) in [6.45, 7) is 2.35. The third-order valence-corrected chi connectivity index (χ3v) is 9.45. The molecule has 0 unspecified atom stereocenters. The van der Waals surface area contributed by atoms with Crippen molar-refractivity contribution in [2.45, 2.75) is 25.3 Å². The topological polar surface area (TPSA) is 168 Å². The van der Waals surface area contributed by atoms with Gasteiger partial charge in [-0.2, -0.15) is 0 Å². The molecule has 41 heavy (non-hydrogen) atoms. The third kappa shape index (κ3) is 7.91. The van der Waals surface area contributed by atoms with Crippen molar-refractivity contribution in [3.8, 4) is 0 Å². The van der Waals surface area contributed by atoms with Crippen molar-refractivity contribution in [2.75, 3.05) is 19.8 Å². The van der Waals surface area contributed by atoms with Gasteiger partial charge in [0.25, 0.3) is 21.4 Å². The fraction of sp³-hybridized carbons (Fsp3) is 0.231. The molecule has 0 amide bonds. The summed E-state index contributed by atoms with van der Waals surface area (Å²) in [5, 5.41) is 22.7. The molecule has 0 heterocycles. The minimum Gasteiger partial charge on any atom is -0.305 e. The number of nitrogens with zero attached hydrogens (tertiary/aromatic N) is 3. The molecule has 3 aromatic carbocycles. The second kappa shape index (κ2) is 14.2. The van der Waals surface area contributed by atoms with Crippen molar-refractivity contribution in [2.24, 2.45) is 0 Å². The molecule has 0 bridgehead atoms. The van der Waals surface area contributed by atoms with Crippen molar-refractivity contribution < 1.29 is 36.7 Å². The highest BCUT2D eigenvalue weighted by Gasteiger charge is 2.35. The first-order valence-electron chi connectivity index (χ1n) is 12.3. The van der Waals surface area contributed by atoms with E-state index < -0.39 is 44.6 Å². The highest BCUT2D eigenvalue weighted by atomic mass is 32.2. The van der Waals surface area contributed by atoms with Crippen molar-refractivity contribution in [3.63, 3.8) is 0 Å². The van der Waals surface area contributed by atoms with Crippen LogP contribution in [0, 0.1) is 20.2 Å². The number of rotatable bonds is 15. The average molecular weight is 606 g/mol. The van der Waals surface area contributed by atoms with Crippen LogP contribution >= 0.6 is 7.60 Å². The van der Waals surface area contributed by atoms with Crippen LogP contribution in [-0.4, -0.2) is 42.5 Å². The van der Waals surface area contributed by atoms with Crippen LogP contribution in [0.15, 0.2) is 89.8 Å². The van der Waals surface area contributed by atoms with Crippen molar-refractivity contribution in [1.82, 2.24) is 4.47 Å². The molecule has 3 rings (SSSR count). The van der Waals surface area contributed by atoms with Crippen molar-refractivity contribution in [3.05, 3.63) is 116 Å². The van der Waals surface area contributed by atoms with E-state index in [9.17, 15) is 33.2 Å². The molecule has 0 fully saturated rings. The Morgan fingerprint density at radius 2 is 1.46 bits per heavy atom. The predicted octanol–water partition coefficient (Wildman–Crippen LogP) is 5.93. The Kier molecular flexibility index (Phi) is 11.0. The zero-order chi connectivity index (χ0) is 30.0. The molecule has 0 radical (unpaired) electrons. The summed E-state index contributed by atoms with van der Waals surface area (Å²) < 4.78 is 52.8. The van der Waals surface area contributed by atoms with E-state index in [0.29, 0.717) is 10.0 Å². The van der Waals surface area contributed by atoms with Gasteiger partial charge in [-0.3, -0.25) is 29.6 Å². The summed E-state index contributed by atoms with van der Waals surface area (Å²) >= 11 is 0. The Labute approximate surface area is 236 Å². The zero-order valence-corrected chi connectivity index (χ0v) is 23.9. The highest BCUT2D eigenvalue weighted by molar-refractivity contribution is 7.89. The molecule has 0 N–H and O–H groups in total. The number of hydrogen-bond donors (Lipinski definition) is 0. The van der Waals surface area contributed by atoms with Crippen LogP contribution < -0.4 is 0 Å². The van der Waals surface area contributed by atoms with E-state index in [1.165, 1.54) is 42.5 Å². The number of nitro groups is 2. The number of benzene rings is 3. The van der Waals surface area contributed by atoms with Crippen LogP contribution in [-0.2, 0) is 35.1 Å². The standard InChI is InChI=1S/C26H28N3O10PS/c1-3-38-40(34,39-4-2)25(22-14-16-23(17-15-22)28(30)31)18-19-27(37-20-21-10-6-5-7-11-21)41(35,36)26-13-9-8-12-24(26)29(32)33/h5-18H,3-4,19-20H2,1-2H3/b25-18-. The van der Waals surface area contributed by atoms with E-state index in [-0.39, 0.29) is 36.4 Å². The lowest BCUT2D eigenvalue weighted by molar-refractivity contribution is -0.388. The molecule has 0 spiro atoms. The van der Waals surface area contributed by atoms with E-state index in [0.717, 1.165) is 12.1 Å². The predicted molar refractivity (Wildman–Crippen MR) is 150 cm³/mol. The van der Waals surface area contributed by atoms with Gasteiger partial charge in [0, 0.05) is 18.2 Å². The quantitative estimate of drug-likeness (QED) is 0.115. The van der Waals surface area contributed by atoms with Crippen LogP contribution in [0.25, 0.3) is 5.31 Å². The molecular formula is C26H28N3O10PS. The van der Waals surface area contributed by atoms with E-state index in [1.54, 1.807) is 44.2 Å². The van der Waals surface area contributed by atoms with E-state index in [4.69, 9.17) is 13.9 Å². The number of hydroxylamine groups is 1. The van der Waals surface area contributed by atoms with Gasteiger partial charge in [-0.25, -0.2) is 8.42 Å². The van der Waals surface area contributed by atoms with Gasteiger partial charge in [0.1, 0.15) is 0 Å². The fourth-order valence-corrected chi connectivity index (χ4v) is 6.84. The number of hydrogen-bond acceptors (Lipinski definition) is 10. The Morgan fingerprint density at radius 3 is 2.02 bits per heavy atom. The van der Waals surface area contributed by atoms with E-state index in [1.807, 2.05) is 0 Å². The molecule has 3 aromatic rings. The smallest absolute Gasteiger partial charge is 0.305 e. The Bertz CT molecular complexity index is 1540. The van der Waals surface area contributed by atoms with Crippen LogP contribution in [0.3, 0.4) is 0 Å². The van der Waals surface area contributed by atoms with Crippen LogP contribution in [0.2, 0.25) is 0 Å². The first kappa shape index (κ1) is 31.7. The second-order valence-corrected chi connectivity index (χ2v) is 12.0. The third-order valence-electron chi connectivity index (χ3n) is 5.53. The molecule has 0 saturated heterocycles. The zero-order valence-electron chi connectivity index (χ0n) is 22.2. The van der Waals surface area contributed by atoms with Gasteiger partial charge in [0.15, 0.2) is 4.90 Å². The van der Waals surface area contributed by atoms with E-state index >= 15 is 0 Å². The molecule has 0 aromatic heterocycles. The molecule has 218 valence electrons. The van der Waals surface area contributed by atoms with E-state index in [2.05, 4.69) is 0 Å². The lowest BCUT2D eigenvalue weighted by Crippen LogP contribution is -2.32. The van der Waals surface area contributed by atoms with Gasteiger partial charge >= 0.3 is 7.60 Å². The minimum absolute atomic E-state index is 0.0235. The van der Waals surface area contributed by atoms with Gasteiger partial charge < -0.3 is 9.05 Å². The second-order valence-electron chi connectivity index (χ2n) is 8.20. The first-order valence-corrected chi connectivity index (χ1v) is 15.3. The Hall–Kier alpha value is -3.78. The summed E-state index contributed by atoms with van der Waals surface area (Å²) in [6.07, 6.45) is 1.24. The lowest BCUT2D eigenvalue weighted by Gasteiger charge is -2.23. The maximum atomic E-state index is 13.8. The summed E-state index contributed by atoms with van der Waals surface area (Å²) in [6, 6.07) is 18.5. The monoisotopic (exact) mass is 605 g/mol. The lowest BCUT2D eigenvalue weighted by atomic mass is 10.2. The number of para-hydroxylation sites is 1. The Balaban J connectivity index is 2.14. The van der Waals surface area contributed by atoms with Gasteiger partial charge in [0.2, 0.25) is 0 Å². The number of non-ortho nitro benzene ring substituents is 1. The first-order chi connectivity index (χ1) is 19.5.